The van der Waals surface area contributed by atoms with Gasteiger partial charge in [-0.15, -0.1) is 0 Å². The van der Waals surface area contributed by atoms with Crippen LogP contribution in [-0.4, -0.2) is 36.7 Å². The predicted octanol–water partition coefficient (Wildman–Crippen LogP) is 3.42. The number of halogens is 1. The highest BCUT2D eigenvalue weighted by molar-refractivity contribution is 5.88. The zero-order valence-corrected chi connectivity index (χ0v) is 15.1. The second-order valence-electron chi connectivity index (χ2n) is 6.87. The first-order valence-electron chi connectivity index (χ1n) is 9.38. The molecule has 26 heavy (non-hydrogen) atoms. The Hall–Kier alpha value is -1.95. The number of hydrogen-bond acceptors (Lipinski definition) is 3. The number of ether oxygens (including phenoxy) is 1. The van der Waals surface area contributed by atoms with Gasteiger partial charge >= 0.3 is 5.97 Å². The number of amides is 1. The smallest absolute Gasteiger partial charge is 0.303 e. The lowest BCUT2D eigenvalue weighted by Crippen LogP contribution is -2.48. The van der Waals surface area contributed by atoms with Crippen molar-refractivity contribution < 1.29 is 23.8 Å². The molecule has 0 atom stereocenters. The number of nitrogens with one attached hydrogen (secondary N) is 1. The zero-order valence-electron chi connectivity index (χ0n) is 15.1. The SMILES string of the molecule is O=C(O)CCCCCCCNC(=O)C1(c2cccc(F)c2)CCOCC1. The second-order valence-corrected chi connectivity index (χ2v) is 6.87. The monoisotopic (exact) mass is 365 g/mol. The van der Waals surface area contributed by atoms with Crippen molar-refractivity contribution in [2.45, 2.75) is 56.8 Å². The van der Waals surface area contributed by atoms with E-state index in [1.54, 1.807) is 6.07 Å². The zero-order chi connectivity index (χ0) is 18.8. The Morgan fingerprint density at radius 3 is 2.50 bits per heavy atom. The maximum atomic E-state index is 13.7. The summed E-state index contributed by atoms with van der Waals surface area (Å²) in [5.41, 5.74) is -0.00561. The third kappa shape index (κ3) is 5.80. The molecule has 1 heterocycles. The van der Waals surface area contributed by atoms with Crippen LogP contribution in [-0.2, 0) is 19.7 Å². The van der Waals surface area contributed by atoms with Gasteiger partial charge in [0.1, 0.15) is 5.82 Å². The molecular formula is C20H28FNO4. The average Bonchev–Trinajstić information content (AvgIpc) is 2.64. The summed E-state index contributed by atoms with van der Waals surface area (Å²) in [7, 11) is 0. The number of aliphatic carboxylic acids is 1. The molecule has 1 aliphatic rings. The predicted molar refractivity (Wildman–Crippen MR) is 96.5 cm³/mol. The molecule has 0 radical (unpaired) electrons. The first-order chi connectivity index (χ1) is 12.5. The fourth-order valence-corrected chi connectivity index (χ4v) is 3.46. The van der Waals surface area contributed by atoms with E-state index in [2.05, 4.69) is 5.32 Å². The van der Waals surface area contributed by atoms with Gasteiger partial charge in [-0.1, -0.05) is 31.4 Å². The van der Waals surface area contributed by atoms with E-state index in [9.17, 15) is 14.0 Å². The highest BCUT2D eigenvalue weighted by atomic mass is 19.1. The van der Waals surface area contributed by atoms with Crippen molar-refractivity contribution in [3.63, 3.8) is 0 Å². The number of rotatable bonds is 10. The molecule has 1 amide bonds. The van der Waals surface area contributed by atoms with Crippen molar-refractivity contribution in [2.24, 2.45) is 0 Å². The van der Waals surface area contributed by atoms with E-state index >= 15 is 0 Å². The average molecular weight is 365 g/mol. The first kappa shape index (κ1) is 20.4. The van der Waals surface area contributed by atoms with E-state index < -0.39 is 11.4 Å². The Morgan fingerprint density at radius 2 is 1.81 bits per heavy atom. The third-order valence-electron chi connectivity index (χ3n) is 5.01. The van der Waals surface area contributed by atoms with Crippen LogP contribution in [0.4, 0.5) is 4.39 Å². The fourth-order valence-electron chi connectivity index (χ4n) is 3.46. The van der Waals surface area contributed by atoms with Crippen molar-refractivity contribution in [3.8, 4) is 0 Å². The van der Waals surface area contributed by atoms with Gasteiger partial charge in [0.25, 0.3) is 0 Å². The van der Waals surface area contributed by atoms with Gasteiger partial charge in [-0.25, -0.2) is 4.39 Å². The Morgan fingerprint density at radius 1 is 1.12 bits per heavy atom. The van der Waals surface area contributed by atoms with Crippen LogP contribution in [0.15, 0.2) is 24.3 Å². The Bertz CT molecular complexity index is 599. The van der Waals surface area contributed by atoms with Crippen LogP contribution in [0.5, 0.6) is 0 Å². The first-order valence-corrected chi connectivity index (χ1v) is 9.38. The van der Waals surface area contributed by atoms with Crippen molar-refractivity contribution >= 4 is 11.9 Å². The molecule has 1 saturated heterocycles. The lowest BCUT2D eigenvalue weighted by molar-refractivity contribution is -0.137. The molecule has 0 spiro atoms. The normalized spacial score (nSPS) is 16.2. The molecule has 0 unspecified atom stereocenters. The Labute approximate surface area is 153 Å². The highest BCUT2D eigenvalue weighted by Crippen LogP contribution is 2.35. The maximum absolute atomic E-state index is 13.7. The molecule has 5 nitrogen and oxygen atoms in total. The van der Waals surface area contributed by atoms with Gasteiger partial charge in [-0.2, -0.15) is 0 Å². The maximum Gasteiger partial charge on any atom is 0.303 e. The van der Waals surface area contributed by atoms with Crippen LogP contribution < -0.4 is 5.32 Å². The number of unbranched alkanes of at least 4 members (excludes halogenated alkanes) is 4. The third-order valence-corrected chi connectivity index (χ3v) is 5.01. The van der Waals surface area contributed by atoms with E-state index in [1.165, 1.54) is 12.1 Å². The molecule has 0 bridgehead atoms. The van der Waals surface area contributed by atoms with Gasteiger partial charge in [-0.05, 0) is 43.4 Å². The van der Waals surface area contributed by atoms with Crippen LogP contribution >= 0.6 is 0 Å². The van der Waals surface area contributed by atoms with Crippen LogP contribution in [0.1, 0.15) is 56.9 Å². The number of benzene rings is 1. The molecular weight excluding hydrogens is 337 g/mol. The minimum Gasteiger partial charge on any atom is -0.481 e. The minimum atomic E-state index is -0.753. The molecule has 0 aromatic heterocycles. The molecule has 1 aliphatic heterocycles. The van der Waals surface area contributed by atoms with Gasteiger partial charge in [0, 0.05) is 26.2 Å². The van der Waals surface area contributed by atoms with Crippen LogP contribution in [0.25, 0.3) is 0 Å². The Kier molecular flexibility index (Phi) is 8.04. The fraction of sp³-hybridized carbons (Fsp3) is 0.600. The molecule has 144 valence electrons. The topological polar surface area (TPSA) is 75.6 Å². The lowest BCUT2D eigenvalue weighted by Gasteiger charge is -2.36. The molecule has 0 aliphatic carbocycles. The summed E-state index contributed by atoms with van der Waals surface area (Å²) in [5, 5.41) is 11.6. The molecule has 2 rings (SSSR count). The molecule has 6 heteroatoms. The molecule has 0 saturated carbocycles. The molecule has 2 N–H and O–H groups in total. The van der Waals surface area contributed by atoms with E-state index in [0.717, 1.165) is 25.7 Å². The standard InChI is InChI=1S/C20H28FNO4/c21-17-8-6-7-16(15-17)20(10-13-26-14-11-20)19(25)22-12-5-3-1-2-4-9-18(23)24/h6-8,15H,1-5,9-14H2,(H,22,25)(H,23,24). The van der Waals surface area contributed by atoms with E-state index in [-0.39, 0.29) is 18.1 Å². The van der Waals surface area contributed by atoms with Gasteiger partial charge in [0.05, 0.1) is 5.41 Å². The summed E-state index contributed by atoms with van der Waals surface area (Å²) in [6.45, 7) is 1.57. The van der Waals surface area contributed by atoms with E-state index in [4.69, 9.17) is 9.84 Å². The minimum absolute atomic E-state index is 0.0581. The molecule has 1 fully saturated rings. The van der Waals surface area contributed by atoms with Crippen molar-refractivity contribution in [3.05, 3.63) is 35.6 Å². The number of carboxylic acids is 1. The number of carbonyl (C=O) groups excluding carboxylic acids is 1. The summed E-state index contributed by atoms with van der Waals surface area (Å²) in [6.07, 6.45) is 5.69. The largest absolute Gasteiger partial charge is 0.481 e. The highest BCUT2D eigenvalue weighted by Gasteiger charge is 2.41. The quantitative estimate of drug-likeness (QED) is 0.623. The summed E-state index contributed by atoms with van der Waals surface area (Å²) >= 11 is 0. The van der Waals surface area contributed by atoms with Crippen LogP contribution in [0.2, 0.25) is 0 Å². The van der Waals surface area contributed by atoms with Crippen LogP contribution in [0.3, 0.4) is 0 Å². The number of carbonyl (C=O) groups is 2. The number of hydrogen-bond donors (Lipinski definition) is 2. The lowest BCUT2D eigenvalue weighted by atomic mass is 9.73. The van der Waals surface area contributed by atoms with E-state index in [1.807, 2.05) is 6.07 Å². The Balaban J connectivity index is 1.81. The van der Waals surface area contributed by atoms with Crippen LogP contribution in [0, 0.1) is 5.82 Å². The van der Waals surface area contributed by atoms with Crippen molar-refractivity contribution in [2.75, 3.05) is 19.8 Å². The van der Waals surface area contributed by atoms with Crippen molar-refractivity contribution in [1.82, 2.24) is 5.32 Å². The molecule has 1 aromatic carbocycles. The molecule has 1 aromatic rings. The van der Waals surface area contributed by atoms with Crippen molar-refractivity contribution in [1.29, 1.82) is 0 Å². The van der Waals surface area contributed by atoms with Gasteiger partial charge in [0.2, 0.25) is 5.91 Å². The summed E-state index contributed by atoms with van der Waals surface area (Å²) < 4.78 is 19.1. The number of carboxylic acid groups (broad SMARTS) is 1. The summed E-state index contributed by atoms with van der Waals surface area (Å²) in [5.74, 6) is -1.14. The summed E-state index contributed by atoms with van der Waals surface area (Å²) in [6, 6.07) is 6.30. The summed E-state index contributed by atoms with van der Waals surface area (Å²) in [4.78, 5) is 23.3. The van der Waals surface area contributed by atoms with E-state index in [0.29, 0.717) is 44.6 Å². The second kappa shape index (κ2) is 10.3. The van der Waals surface area contributed by atoms with Gasteiger partial charge in [-0.3, -0.25) is 9.59 Å². The van der Waals surface area contributed by atoms with Gasteiger partial charge < -0.3 is 15.2 Å². The van der Waals surface area contributed by atoms with Gasteiger partial charge in [0.15, 0.2) is 0 Å².